The van der Waals surface area contributed by atoms with Gasteiger partial charge in [0.1, 0.15) is 8.07 Å². The third-order valence-corrected chi connectivity index (χ3v) is 17.8. The van der Waals surface area contributed by atoms with Crippen LogP contribution in [0.2, 0.25) is 13.1 Å². The molecule has 0 atom stereocenters. The molecule has 2 heteroatoms. The first-order valence-corrected chi connectivity index (χ1v) is 25.4. The summed E-state index contributed by atoms with van der Waals surface area (Å²) in [6, 6.07) is 81.5. The van der Waals surface area contributed by atoms with E-state index in [-0.39, 0.29) is 0 Å². The van der Waals surface area contributed by atoms with E-state index in [1.807, 2.05) is 0 Å². The summed E-state index contributed by atoms with van der Waals surface area (Å²) in [7, 11) is -1.87. The third-order valence-electron chi connectivity index (χ3n) is 14.2. The summed E-state index contributed by atoms with van der Waals surface area (Å²) >= 11 is 0. The molecular formula is C62H43NSi. The van der Waals surface area contributed by atoms with Gasteiger partial charge in [0.05, 0.1) is 5.52 Å². The van der Waals surface area contributed by atoms with Gasteiger partial charge in [-0.1, -0.05) is 195 Å². The smallest absolute Gasteiger partial charge is 0.113 e. The maximum absolute atomic E-state index is 2.50. The van der Waals surface area contributed by atoms with Crippen molar-refractivity contribution in [3.8, 4) is 61.3 Å². The zero-order valence-corrected chi connectivity index (χ0v) is 36.8. The summed E-state index contributed by atoms with van der Waals surface area (Å²) in [6.07, 6.45) is 2.38. The van der Waals surface area contributed by atoms with Crippen LogP contribution in [-0.2, 0) is 0 Å². The summed E-state index contributed by atoms with van der Waals surface area (Å²) in [5.74, 6) is 0. The molecule has 300 valence electrons. The molecule has 0 radical (unpaired) electrons. The Balaban J connectivity index is 0.944. The van der Waals surface area contributed by atoms with E-state index in [9.17, 15) is 0 Å². The predicted molar refractivity (Wildman–Crippen MR) is 277 cm³/mol. The number of nitrogens with zero attached hydrogens (tertiary/aromatic N) is 1. The van der Waals surface area contributed by atoms with Gasteiger partial charge in [0, 0.05) is 22.8 Å². The molecule has 1 aromatic heterocycles. The van der Waals surface area contributed by atoms with Crippen LogP contribution in [-0.4, -0.2) is 12.6 Å². The first-order valence-electron chi connectivity index (χ1n) is 22.4. The first-order chi connectivity index (χ1) is 31.5. The summed E-state index contributed by atoms with van der Waals surface area (Å²) < 4.78 is 2.43. The maximum atomic E-state index is 2.50. The molecule has 0 aliphatic carbocycles. The molecule has 64 heavy (non-hydrogen) atoms. The van der Waals surface area contributed by atoms with Crippen LogP contribution in [0.1, 0.15) is 0 Å². The number of fused-ring (bicyclic) bond motifs is 10. The lowest BCUT2D eigenvalue weighted by Crippen LogP contribution is -2.49. The van der Waals surface area contributed by atoms with Gasteiger partial charge in [-0.3, -0.25) is 0 Å². The minimum atomic E-state index is -1.87. The van der Waals surface area contributed by atoms with Crippen LogP contribution in [0.25, 0.3) is 115 Å². The van der Waals surface area contributed by atoms with E-state index < -0.39 is 8.07 Å². The topological polar surface area (TPSA) is 4.93 Å². The zero-order chi connectivity index (χ0) is 42.5. The number of hydrogen-bond acceptors (Lipinski definition) is 0. The molecule has 0 unspecified atom stereocenters. The molecule has 1 aliphatic heterocycles. The van der Waals surface area contributed by atoms with Crippen molar-refractivity contribution < 1.29 is 0 Å². The molecule has 0 N–H and O–H groups in total. The highest BCUT2D eigenvalue weighted by atomic mass is 28.3. The molecule has 0 saturated carbocycles. The van der Waals surface area contributed by atoms with Gasteiger partial charge >= 0.3 is 0 Å². The molecule has 11 aromatic carbocycles. The summed E-state index contributed by atoms with van der Waals surface area (Å²) in [5, 5.41) is 14.5. The molecule has 0 bridgehead atoms. The fourth-order valence-electron chi connectivity index (χ4n) is 11.0. The minimum absolute atomic E-state index is 1.20. The van der Waals surface area contributed by atoms with Crippen LogP contribution in [0.4, 0.5) is 0 Å². The van der Waals surface area contributed by atoms with E-state index >= 15 is 0 Å². The second kappa shape index (κ2) is 14.1. The molecule has 1 nitrogen and oxygen atoms in total. The van der Waals surface area contributed by atoms with Gasteiger partial charge < -0.3 is 4.57 Å². The SMILES string of the molecule is C[Si]1(C)c2ccccc2-c2ccc(-n3cc(-c4ccc(-c5cc6ccccc6c6ccccc56)cc4)c4cc(-c5ccc(-c6cc7ccccc7c7ccccc67)cc5)ccc43)cc21. The van der Waals surface area contributed by atoms with Crippen molar-refractivity contribution in [2.24, 2.45) is 0 Å². The highest BCUT2D eigenvalue weighted by Crippen LogP contribution is 2.41. The van der Waals surface area contributed by atoms with Crippen molar-refractivity contribution >= 4 is 72.4 Å². The van der Waals surface area contributed by atoms with Gasteiger partial charge in [-0.05, 0) is 140 Å². The van der Waals surface area contributed by atoms with Crippen molar-refractivity contribution in [1.82, 2.24) is 4.57 Å². The van der Waals surface area contributed by atoms with Crippen molar-refractivity contribution in [2.45, 2.75) is 13.1 Å². The van der Waals surface area contributed by atoms with E-state index in [4.69, 9.17) is 0 Å². The van der Waals surface area contributed by atoms with Gasteiger partial charge in [-0.25, -0.2) is 0 Å². The van der Waals surface area contributed by atoms with Crippen molar-refractivity contribution in [2.75, 3.05) is 0 Å². The number of rotatable bonds is 5. The van der Waals surface area contributed by atoms with Crippen molar-refractivity contribution in [3.63, 3.8) is 0 Å². The van der Waals surface area contributed by atoms with E-state index in [2.05, 4.69) is 242 Å². The lowest BCUT2D eigenvalue weighted by atomic mass is 9.92. The standard InChI is InChI=1S/C62H43NSi/c1-64(2)61-22-12-11-21-54(61)55-33-32-47(38-62(55)64)63-39-59(43-29-27-42(28-30-43)57-37-46-14-4-6-16-49(46)51-18-8-10-20-53(51)57)58-35-44(31-34-60(58)63)40-23-25-41(26-24-40)56-36-45-13-3-5-15-48(45)50-17-7-9-19-52(50)56/h3-39H,1-2H3. The Morgan fingerprint density at radius 1 is 0.297 bits per heavy atom. The van der Waals surface area contributed by atoms with Gasteiger partial charge in [-0.15, -0.1) is 0 Å². The van der Waals surface area contributed by atoms with Crippen LogP contribution >= 0.6 is 0 Å². The molecule has 0 amide bonds. The fourth-order valence-corrected chi connectivity index (χ4v) is 14.0. The lowest BCUT2D eigenvalue weighted by molar-refractivity contribution is 1.13. The number of aromatic nitrogens is 1. The average Bonchev–Trinajstić information content (AvgIpc) is 3.85. The monoisotopic (exact) mass is 829 g/mol. The van der Waals surface area contributed by atoms with Gasteiger partial charge in [0.25, 0.3) is 0 Å². The Hall–Kier alpha value is -7.78. The molecule has 2 heterocycles. The molecule has 1 aliphatic rings. The molecule has 13 rings (SSSR count). The van der Waals surface area contributed by atoms with Crippen LogP contribution in [0.5, 0.6) is 0 Å². The maximum Gasteiger partial charge on any atom is 0.113 e. The predicted octanol–water partition coefficient (Wildman–Crippen LogP) is 15.7. The molecule has 0 fully saturated rings. The van der Waals surface area contributed by atoms with Crippen LogP contribution in [0.3, 0.4) is 0 Å². The second-order valence-electron chi connectivity index (χ2n) is 18.1. The van der Waals surface area contributed by atoms with Crippen molar-refractivity contribution in [1.29, 1.82) is 0 Å². The highest BCUT2D eigenvalue weighted by Gasteiger charge is 2.37. The van der Waals surface area contributed by atoms with Crippen LogP contribution in [0, 0.1) is 0 Å². The van der Waals surface area contributed by atoms with Crippen molar-refractivity contribution in [3.05, 3.63) is 225 Å². The highest BCUT2D eigenvalue weighted by molar-refractivity contribution is 7.03. The fraction of sp³-hybridized carbons (Fsp3) is 0.0323. The Morgan fingerprint density at radius 3 is 1.38 bits per heavy atom. The van der Waals surface area contributed by atoms with E-state index in [1.165, 1.54) is 126 Å². The molecule has 12 aromatic rings. The Bertz CT molecular complexity index is 3850. The minimum Gasteiger partial charge on any atom is -0.316 e. The van der Waals surface area contributed by atoms with Crippen LogP contribution < -0.4 is 10.4 Å². The van der Waals surface area contributed by atoms with Crippen LogP contribution in [0.15, 0.2) is 225 Å². The summed E-state index contributed by atoms with van der Waals surface area (Å²) in [5.41, 5.74) is 15.0. The third kappa shape index (κ3) is 5.63. The largest absolute Gasteiger partial charge is 0.316 e. The van der Waals surface area contributed by atoms with E-state index in [0.717, 1.165) is 0 Å². The molecular weight excluding hydrogens is 787 g/mol. The summed E-state index contributed by atoms with van der Waals surface area (Å²) in [6.45, 7) is 5.00. The van der Waals surface area contributed by atoms with Gasteiger partial charge in [-0.2, -0.15) is 0 Å². The number of benzene rings is 11. The second-order valence-corrected chi connectivity index (χ2v) is 22.4. The van der Waals surface area contributed by atoms with Gasteiger partial charge in [0.2, 0.25) is 0 Å². The molecule has 0 spiro atoms. The van der Waals surface area contributed by atoms with E-state index in [0.29, 0.717) is 0 Å². The lowest BCUT2D eigenvalue weighted by Gasteiger charge is -2.19. The number of hydrogen-bond donors (Lipinski definition) is 0. The van der Waals surface area contributed by atoms with Gasteiger partial charge in [0.15, 0.2) is 0 Å². The van der Waals surface area contributed by atoms with E-state index in [1.54, 1.807) is 0 Å². The zero-order valence-electron chi connectivity index (χ0n) is 35.8. The average molecular weight is 830 g/mol. The normalized spacial score (nSPS) is 13.0. The Kier molecular flexibility index (Phi) is 8.13. The first kappa shape index (κ1) is 36.8. The summed E-state index contributed by atoms with van der Waals surface area (Å²) in [4.78, 5) is 0. The molecule has 0 saturated heterocycles. The Morgan fingerprint density at radius 2 is 0.766 bits per heavy atom. The quantitative estimate of drug-likeness (QED) is 0.120. The Labute approximate surface area is 374 Å².